The minimum absolute atomic E-state index is 0.0485. The highest BCUT2D eigenvalue weighted by molar-refractivity contribution is 5.12. The molecule has 0 aliphatic heterocycles. The molecule has 0 amide bonds. The van der Waals surface area contributed by atoms with Gasteiger partial charge >= 0.3 is 0 Å². The fraction of sp³-hybridized carbons (Fsp3) is 0.625. The van der Waals surface area contributed by atoms with Crippen LogP contribution in [0.1, 0.15) is 18.4 Å². The second-order valence-corrected chi connectivity index (χ2v) is 2.81. The zero-order chi connectivity index (χ0) is 9.84. The van der Waals surface area contributed by atoms with Crippen molar-refractivity contribution in [3.8, 4) is 0 Å². The van der Waals surface area contributed by atoms with Gasteiger partial charge in [-0.2, -0.15) is 5.10 Å². The Kier molecular flexibility index (Phi) is 3.36. The van der Waals surface area contributed by atoms with Gasteiger partial charge in [-0.15, -0.1) is 0 Å². The summed E-state index contributed by atoms with van der Waals surface area (Å²) in [5, 5.41) is 3.91. The molecule has 1 aromatic rings. The molecule has 1 heterocycles. The molecule has 0 radical (unpaired) electrons. The predicted molar refractivity (Wildman–Crippen MR) is 45.7 cm³/mol. The summed E-state index contributed by atoms with van der Waals surface area (Å²) < 4.78 is 26.4. The van der Waals surface area contributed by atoms with Crippen molar-refractivity contribution < 1.29 is 8.78 Å². The highest BCUT2D eigenvalue weighted by Gasteiger charge is 2.21. The number of halogens is 2. The molecule has 74 valence electrons. The van der Waals surface area contributed by atoms with Gasteiger partial charge in [0.05, 0.1) is 12.1 Å². The van der Waals surface area contributed by atoms with Crippen molar-refractivity contribution in [2.24, 2.45) is 5.73 Å². The van der Waals surface area contributed by atoms with Crippen LogP contribution in [0, 0.1) is 0 Å². The average molecular weight is 189 g/mol. The van der Waals surface area contributed by atoms with E-state index < -0.39 is 12.3 Å². The molecule has 0 bridgehead atoms. The standard InChI is InChI=1S/C8H13F2N3/c1-2-13-5-6(4-12-13)7(3-11)8(9)10/h4-5,7-8H,2-3,11H2,1H3. The zero-order valence-electron chi connectivity index (χ0n) is 7.45. The van der Waals surface area contributed by atoms with Crippen LogP contribution in [0.15, 0.2) is 12.4 Å². The molecule has 5 heteroatoms. The van der Waals surface area contributed by atoms with Gasteiger partial charge in [0.2, 0.25) is 6.43 Å². The molecule has 0 fully saturated rings. The lowest BCUT2D eigenvalue weighted by Gasteiger charge is -2.10. The van der Waals surface area contributed by atoms with Gasteiger partial charge in [0.25, 0.3) is 0 Å². The molecule has 3 nitrogen and oxygen atoms in total. The van der Waals surface area contributed by atoms with E-state index in [0.29, 0.717) is 12.1 Å². The highest BCUT2D eigenvalue weighted by Crippen LogP contribution is 2.21. The van der Waals surface area contributed by atoms with Gasteiger partial charge in [-0.05, 0) is 6.92 Å². The molecule has 0 spiro atoms. The fourth-order valence-corrected chi connectivity index (χ4v) is 1.13. The van der Waals surface area contributed by atoms with Crippen LogP contribution in [-0.4, -0.2) is 22.8 Å². The van der Waals surface area contributed by atoms with Crippen molar-refractivity contribution in [1.82, 2.24) is 9.78 Å². The van der Waals surface area contributed by atoms with E-state index in [1.165, 1.54) is 6.20 Å². The summed E-state index contributed by atoms with van der Waals surface area (Å²) in [6.07, 6.45) is 0.649. The van der Waals surface area contributed by atoms with Gasteiger partial charge < -0.3 is 5.73 Å². The lowest BCUT2D eigenvalue weighted by molar-refractivity contribution is 0.117. The van der Waals surface area contributed by atoms with Crippen molar-refractivity contribution in [2.75, 3.05) is 6.54 Å². The second-order valence-electron chi connectivity index (χ2n) is 2.81. The molecular formula is C8H13F2N3. The predicted octanol–water partition coefficient (Wildman–Crippen LogP) is 1.21. The van der Waals surface area contributed by atoms with Gasteiger partial charge in [0, 0.05) is 24.8 Å². The van der Waals surface area contributed by atoms with E-state index in [1.54, 1.807) is 10.9 Å². The topological polar surface area (TPSA) is 43.8 Å². The molecule has 0 aliphatic rings. The number of aromatic nitrogens is 2. The van der Waals surface area contributed by atoms with Crippen LogP contribution in [0.25, 0.3) is 0 Å². The minimum atomic E-state index is -2.42. The molecule has 0 saturated heterocycles. The normalized spacial score (nSPS) is 13.6. The van der Waals surface area contributed by atoms with Crippen LogP contribution in [0.2, 0.25) is 0 Å². The molecule has 0 aromatic carbocycles. The molecular weight excluding hydrogens is 176 g/mol. The summed E-state index contributed by atoms with van der Waals surface area (Å²) in [7, 11) is 0. The Hall–Kier alpha value is -0.970. The molecule has 2 N–H and O–H groups in total. The van der Waals surface area contributed by atoms with Crippen molar-refractivity contribution in [1.29, 1.82) is 0 Å². The van der Waals surface area contributed by atoms with E-state index in [4.69, 9.17) is 5.73 Å². The number of hydrogen-bond acceptors (Lipinski definition) is 2. The fourth-order valence-electron chi connectivity index (χ4n) is 1.13. The van der Waals surface area contributed by atoms with E-state index in [2.05, 4.69) is 5.10 Å². The summed E-state index contributed by atoms with van der Waals surface area (Å²) in [6, 6.07) is 0. The summed E-state index contributed by atoms with van der Waals surface area (Å²) in [5.41, 5.74) is 5.75. The molecule has 1 aromatic heterocycles. The van der Waals surface area contributed by atoms with Gasteiger partial charge in [-0.25, -0.2) is 8.78 Å². The van der Waals surface area contributed by atoms with Crippen molar-refractivity contribution >= 4 is 0 Å². The van der Waals surface area contributed by atoms with E-state index in [-0.39, 0.29) is 6.54 Å². The maximum Gasteiger partial charge on any atom is 0.246 e. The average Bonchev–Trinajstić information content (AvgIpc) is 2.53. The number of rotatable bonds is 4. The van der Waals surface area contributed by atoms with E-state index in [1.807, 2.05) is 6.92 Å². The van der Waals surface area contributed by atoms with Gasteiger partial charge in [0.15, 0.2) is 0 Å². The van der Waals surface area contributed by atoms with Crippen LogP contribution in [0.5, 0.6) is 0 Å². The Bertz CT molecular complexity index is 260. The first-order valence-corrected chi connectivity index (χ1v) is 4.19. The third-order valence-corrected chi connectivity index (χ3v) is 1.96. The van der Waals surface area contributed by atoms with Crippen LogP contribution in [0.4, 0.5) is 8.78 Å². The number of aryl methyl sites for hydroxylation is 1. The molecule has 0 aliphatic carbocycles. The summed E-state index contributed by atoms with van der Waals surface area (Å²) in [5.74, 6) is -0.889. The SMILES string of the molecule is CCn1cc(C(CN)C(F)F)cn1. The van der Waals surface area contributed by atoms with Gasteiger partial charge in [0.1, 0.15) is 0 Å². The van der Waals surface area contributed by atoms with Crippen molar-refractivity contribution in [2.45, 2.75) is 25.8 Å². The minimum Gasteiger partial charge on any atom is -0.330 e. The highest BCUT2D eigenvalue weighted by atomic mass is 19.3. The maximum atomic E-state index is 12.4. The van der Waals surface area contributed by atoms with E-state index in [0.717, 1.165) is 0 Å². The monoisotopic (exact) mass is 189 g/mol. The lowest BCUT2D eigenvalue weighted by atomic mass is 10.0. The van der Waals surface area contributed by atoms with Gasteiger partial charge in [-0.3, -0.25) is 4.68 Å². The molecule has 0 saturated carbocycles. The largest absolute Gasteiger partial charge is 0.330 e. The number of hydrogen-bond donors (Lipinski definition) is 1. The van der Waals surface area contributed by atoms with E-state index >= 15 is 0 Å². The number of nitrogens with zero attached hydrogens (tertiary/aromatic N) is 2. The molecule has 1 rings (SSSR count). The Labute approximate surface area is 75.5 Å². The van der Waals surface area contributed by atoms with Crippen LogP contribution < -0.4 is 5.73 Å². The summed E-state index contributed by atoms with van der Waals surface area (Å²) >= 11 is 0. The Balaban J connectivity index is 2.79. The summed E-state index contributed by atoms with van der Waals surface area (Å²) in [4.78, 5) is 0. The third-order valence-electron chi connectivity index (χ3n) is 1.96. The first-order chi connectivity index (χ1) is 6.19. The van der Waals surface area contributed by atoms with Crippen LogP contribution in [0.3, 0.4) is 0 Å². The Morgan fingerprint density at radius 2 is 2.31 bits per heavy atom. The lowest BCUT2D eigenvalue weighted by Crippen LogP contribution is -2.19. The first kappa shape index (κ1) is 10.1. The van der Waals surface area contributed by atoms with Crippen molar-refractivity contribution in [3.63, 3.8) is 0 Å². The van der Waals surface area contributed by atoms with Crippen molar-refractivity contribution in [3.05, 3.63) is 18.0 Å². The smallest absolute Gasteiger partial charge is 0.246 e. The molecule has 1 unspecified atom stereocenters. The maximum absolute atomic E-state index is 12.4. The zero-order valence-corrected chi connectivity index (χ0v) is 7.45. The Morgan fingerprint density at radius 1 is 1.62 bits per heavy atom. The van der Waals surface area contributed by atoms with Gasteiger partial charge in [-0.1, -0.05) is 0 Å². The second kappa shape index (κ2) is 4.32. The molecule has 1 atom stereocenters. The van der Waals surface area contributed by atoms with Crippen LogP contribution >= 0.6 is 0 Å². The summed E-state index contributed by atoms with van der Waals surface area (Å²) in [6.45, 7) is 2.53. The first-order valence-electron chi connectivity index (χ1n) is 4.19. The quantitative estimate of drug-likeness (QED) is 0.773. The number of nitrogens with two attached hydrogens (primary N) is 1. The molecule has 13 heavy (non-hydrogen) atoms. The number of alkyl halides is 2. The Morgan fingerprint density at radius 3 is 2.69 bits per heavy atom. The van der Waals surface area contributed by atoms with Crippen LogP contribution in [-0.2, 0) is 6.54 Å². The third kappa shape index (κ3) is 2.24. The van der Waals surface area contributed by atoms with E-state index in [9.17, 15) is 8.78 Å².